The van der Waals surface area contributed by atoms with Crippen molar-refractivity contribution in [2.75, 3.05) is 0 Å². The first-order valence-electron chi connectivity index (χ1n) is 5.38. The Kier molecular flexibility index (Phi) is 4.24. The molecule has 0 radical (unpaired) electrons. The molecule has 0 bridgehead atoms. The van der Waals surface area contributed by atoms with E-state index in [0.717, 1.165) is 0 Å². The van der Waals surface area contributed by atoms with Gasteiger partial charge >= 0.3 is 5.97 Å². The van der Waals surface area contributed by atoms with Crippen LogP contribution in [0.3, 0.4) is 0 Å². The van der Waals surface area contributed by atoms with Gasteiger partial charge in [-0.15, -0.1) is 0 Å². The lowest BCUT2D eigenvalue weighted by Crippen LogP contribution is -2.29. The largest absolute Gasteiger partial charge is 0.480 e. The van der Waals surface area contributed by atoms with Crippen molar-refractivity contribution in [2.24, 2.45) is 0 Å². The molecule has 0 heterocycles. The molecule has 0 fully saturated rings. The number of sulfone groups is 1. The van der Waals surface area contributed by atoms with Crippen LogP contribution in [-0.4, -0.2) is 30.5 Å². The van der Waals surface area contributed by atoms with Gasteiger partial charge in [0, 0.05) is 5.56 Å². The van der Waals surface area contributed by atoms with Gasteiger partial charge in [-0.1, -0.05) is 19.1 Å². The summed E-state index contributed by atoms with van der Waals surface area (Å²) >= 11 is 0. The van der Waals surface area contributed by atoms with Crippen LogP contribution in [0.2, 0.25) is 0 Å². The van der Waals surface area contributed by atoms with Gasteiger partial charge in [0.15, 0.2) is 20.9 Å². The maximum absolute atomic E-state index is 12.0. The van der Waals surface area contributed by atoms with Gasteiger partial charge < -0.3 is 5.11 Å². The van der Waals surface area contributed by atoms with Crippen LogP contribution in [-0.2, 0) is 14.6 Å². The molecule has 0 aliphatic heterocycles. The minimum Gasteiger partial charge on any atom is -0.480 e. The second-order valence-electron chi connectivity index (χ2n) is 3.86. The van der Waals surface area contributed by atoms with Crippen LogP contribution in [0.5, 0.6) is 0 Å². The zero-order chi connectivity index (χ0) is 13.9. The Hall–Kier alpha value is -1.69. The van der Waals surface area contributed by atoms with E-state index in [4.69, 9.17) is 5.11 Å². The number of hydrogen-bond donors (Lipinski definition) is 1. The summed E-state index contributed by atoms with van der Waals surface area (Å²) in [6, 6.07) is 5.28. The molecule has 5 nitrogen and oxygen atoms in total. The number of hydrogen-bond acceptors (Lipinski definition) is 4. The highest BCUT2D eigenvalue weighted by atomic mass is 32.2. The van der Waals surface area contributed by atoms with E-state index in [1.807, 2.05) is 0 Å². The highest BCUT2D eigenvalue weighted by Gasteiger charge is 2.32. The van der Waals surface area contributed by atoms with Gasteiger partial charge in [0.2, 0.25) is 0 Å². The van der Waals surface area contributed by atoms with Crippen molar-refractivity contribution in [1.29, 1.82) is 0 Å². The Morgan fingerprint density at radius 1 is 1.22 bits per heavy atom. The Labute approximate surface area is 105 Å². The first-order chi connectivity index (χ1) is 8.30. The van der Waals surface area contributed by atoms with Gasteiger partial charge in [0.1, 0.15) is 0 Å². The molecular formula is C12H14O5S. The molecular weight excluding hydrogens is 256 g/mol. The number of rotatable bonds is 5. The number of ketones is 1. The lowest BCUT2D eigenvalue weighted by molar-refractivity contribution is -0.136. The highest BCUT2D eigenvalue weighted by molar-refractivity contribution is 7.92. The predicted octanol–water partition coefficient (Wildman–Crippen LogP) is 1.53. The van der Waals surface area contributed by atoms with Crippen molar-refractivity contribution >= 4 is 21.6 Å². The minimum absolute atomic E-state index is 0.00781. The fourth-order valence-electron chi connectivity index (χ4n) is 1.57. The van der Waals surface area contributed by atoms with E-state index in [1.54, 1.807) is 0 Å². The molecule has 0 aliphatic carbocycles. The van der Waals surface area contributed by atoms with Crippen LogP contribution in [0.25, 0.3) is 0 Å². The summed E-state index contributed by atoms with van der Waals surface area (Å²) in [5, 5.41) is 7.42. The third-order valence-corrected chi connectivity index (χ3v) is 4.82. The molecule has 0 amide bonds. The Morgan fingerprint density at radius 2 is 1.72 bits per heavy atom. The zero-order valence-electron chi connectivity index (χ0n) is 10.1. The van der Waals surface area contributed by atoms with Crippen molar-refractivity contribution in [2.45, 2.75) is 30.4 Å². The summed E-state index contributed by atoms with van der Waals surface area (Å²) in [4.78, 5) is 21.9. The van der Waals surface area contributed by atoms with E-state index in [-0.39, 0.29) is 17.1 Å². The van der Waals surface area contributed by atoms with E-state index >= 15 is 0 Å². The number of carbonyl (C=O) groups excluding carboxylic acids is 1. The van der Waals surface area contributed by atoms with E-state index in [1.165, 1.54) is 38.1 Å². The first kappa shape index (κ1) is 14.4. The van der Waals surface area contributed by atoms with Gasteiger partial charge in [-0.25, -0.2) is 8.42 Å². The molecule has 0 aromatic heterocycles. The van der Waals surface area contributed by atoms with Gasteiger partial charge in [0.05, 0.1) is 4.90 Å². The summed E-state index contributed by atoms with van der Waals surface area (Å²) in [6.45, 7) is 2.87. The summed E-state index contributed by atoms with van der Waals surface area (Å²) in [6.07, 6.45) is -0.00781. The maximum Gasteiger partial charge on any atom is 0.322 e. The average molecular weight is 270 g/mol. The highest BCUT2D eigenvalue weighted by Crippen LogP contribution is 2.19. The van der Waals surface area contributed by atoms with E-state index in [2.05, 4.69) is 0 Å². The Bertz CT molecular complexity index is 557. The molecule has 0 aliphatic rings. The molecule has 0 spiro atoms. The van der Waals surface area contributed by atoms with Gasteiger partial charge in [-0.05, 0) is 25.5 Å². The zero-order valence-corrected chi connectivity index (χ0v) is 10.9. The lowest BCUT2D eigenvalue weighted by atomic mass is 10.2. The van der Waals surface area contributed by atoms with Crippen molar-refractivity contribution < 1.29 is 23.1 Å². The molecule has 6 heteroatoms. The van der Waals surface area contributed by atoms with Crippen LogP contribution in [0.4, 0.5) is 0 Å². The molecule has 18 heavy (non-hydrogen) atoms. The smallest absolute Gasteiger partial charge is 0.322 e. The third-order valence-electron chi connectivity index (χ3n) is 2.61. The van der Waals surface area contributed by atoms with E-state index in [9.17, 15) is 18.0 Å². The number of carboxylic acid groups (broad SMARTS) is 1. The molecule has 0 saturated carbocycles. The number of benzene rings is 1. The summed E-state index contributed by atoms with van der Waals surface area (Å²) < 4.78 is 24.0. The van der Waals surface area contributed by atoms with Crippen LogP contribution in [0, 0.1) is 0 Å². The van der Waals surface area contributed by atoms with E-state index in [0.29, 0.717) is 5.56 Å². The molecule has 98 valence electrons. The second-order valence-corrected chi connectivity index (χ2v) is 5.99. The summed E-state index contributed by atoms with van der Waals surface area (Å²) in [5.74, 6) is -1.54. The van der Waals surface area contributed by atoms with Gasteiger partial charge in [0.25, 0.3) is 0 Å². The molecule has 1 aromatic rings. The number of carbonyl (C=O) groups is 2. The SMILES string of the molecule is CCC(C(=O)O)S(=O)(=O)c1ccc(C(C)=O)cc1. The average Bonchev–Trinajstić information content (AvgIpc) is 2.29. The quantitative estimate of drug-likeness (QED) is 0.819. The fraction of sp³-hybridized carbons (Fsp3) is 0.333. The molecule has 1 rings (SSSR count). The first-order valence-corrected chi connectivity index (χ1v) is 6.93. The Balaban J connectivity index is 3.20. The third kappa shape index (κ3) is 2.76. The maximum atomic E-state index is 12.0. The second kappa shape index (κ2) is 5.30. The molecule has 1 atom stereocenters. The van der Waals surface area contributed by atoms with Crippen LogP contribution in [0.15, 0.2) is 29.2 Å². The molecule has 0 saturated heterocycles. The topological polar surface area (TPSA) is 88.5 Å². The summed E-state index contributed by atoms with van der Waals surface area (Å²) in [5.41, 5.74) is 0.386. The fourth-order valence-corrected chi connectivity index (χ4v) is 3.12. The Morgan fingerprint density at radius 3 is 2.06 bits per heavy atom. The molecule has 1 unspecified atom stereocenters. The van der Waals surface area contributed by atoms with Crippen molar-refractivity contribution in [3.05, 3.63) is 29.8 Å². The normalized spacial score (nSPS) is 13.0. The van der Waals surface area contributed by atoms with Crippen molar-refractivity contribution in [3.63, 3.8) is 0 Å². The lowest BCUT2D eigenvalue weighted by Gasteiger charge is -2.11. The van der Waals surface area contributed by atoms with E-state index < -0.39 is 21.1 Å². The van der Waals surface area contributed by atoms with Gasteiger partial charge in [-0.2, -0.15) is 0 Å². The van der Waals surface area contributed by atoms with Crippen LogP contribution < -0.4 is 0 Å². The summed E-state index contributed by atoms with van der Waals surface area (Å²) in [7, 11) is -3.90. The number of aliphatic carboxylic acids is 1. The van der Waals surface area contributed by atoms with Crippen molar-refractivity contribution in [3.8, 4) is 0 Å². The monoisotopic (exact) mass is 270 g/mol. The van der Waals surface area contributed by atoms with Gasteiger partial charge in [-0.3, -0.25) is 9.59 Å². The number of Topliss-reactive ketones (excluding diaryl/α,β-unsaturated/α-hetero) is 1. The van der Waals surface area contributed by atoms with Crippen LogP contribution in [0.1, 0.15) is 30.6 Å². The predicted molar refractivity (Wildman–Crippen MR) is 65.3 cm³/mol. The van der Waals surface area contributed by atoms with Crippen molar-refractivity contribution in [1.82, 2.24) is 0 Å². The minimum atomic E-state index is -3.90. The standard InChI is InChI=1S/C12H14O5S/c1-3-11(12(14)15)18(16,17)10-6-4-9(5-7-10)8(2)13/h4-7,11H,3H2,1-2H3,(H,14,15). The molecule has 1 aromatic carbocycles. The molecule has 1 N–H and O–H groups in total. The van der Waals surface area contributed by atoms with Crippen LogP contribution >= 0.6 is 0 Å². The number of carboxylic acids is 1.